The fourth-order valence-electron chi connectivity index (χ4n) is 2.87. The zero-order valence-corrected chi connectivity index (χ0v) is 11.0. The maximum absolute atomic E-state index is 11.6. The Bertz CT molecular complexity index is 243. The molecule has 2 rings (SSSR count). The second-order valence-corrected chi connectivity index (χ2v) is 5.78. The molecule has 0 radical (unpaired) electrons. The number of carbonyl (C=O) groups is 1. The van der Waals surface area contributed by atoms with E-state index in [0.717, 1.165) is 25.3 Å². The number of nitrogens with one attached hydrogen (secondary N) is 2. The van der Waals surface area contributed by atoms with Crippen LogP contribution in [0.15, 0.2) is 0 Å². The van der Waals surface area contributed by atoms with Gasteiger partial charge in [-0.25, -0.2) is 4.79 Å². The van der Waals surface area contributed by atoms with E-state index in [1.54, 1.807) is 0 Å². The van der Waals surface area contributed by atoms with E-state index in [2.05, 4.69) is 17.6 Å². The molecule has 0 heterocycles. The number of hydrogen-bond acceptors (Lipinski definition) is 1. The highest BCUT2D eigenvalue weighted by atomic mass is 16.2. The van der Waals surface area contributed by atoms with E-state index in [4.69, 9.17) is 0 Å². The molecule has 2 fully saturated rings. The highest BCUT2D eigenvalue weighted by Gasteiger charge is 2.22. The van der Waals surface area contributed by atoms with Crippen LogP contribution >= 0.6 is 0 Å². The predicted molar refractivity (Wildman–Crippen MR) is 69.9 cm³/mol. The number of carbonyl (C=O) groups excluding carboxylic acids is 1. The van der Waals surface area contributed by atoms with Crippen molar-refractivity contribution < 1.29 is 4.79 Å². The second kappa shape index (κ2) is 6.27. The van der Waals surface area contributed by atoms with E-state index in [1.807, 2.05) is 0 Å². The first-order chi connectivity index (χ1) is 8.28. The molecule has 2 amide bonds. The van der Waals surface area contributed by atoms with Crippen LogP contribution < -0.4 is 10.6 Å². The highest BCUT2D eigenvalue weighted by Crippen LogP contribution is 2.30. The fraction of sp³-hybridized carbons (Fsp3) is 0.929. The molecule has 2 aliphatic carbocycles. The molecule has 98 valence electrons. The van der Waals surface area contributed by atoms with Crippen LogP contribution in [0.2, 0.25) is 0 Å². The maximum atomic E-state index is 11.6. The summed E-state index contributed by atoms with van der Waals surface area (Å²) in [6.07, 6.45) is 10.2. The van der Waals surface area contributed by atoms with Gasteiger partial charge in [0.05, 0.1) is 0 Å². The first-order valence-electron chi connectivity index (χ1n) is 7.32. The van der Waals surface area contributed by atoms with E-state index in [1.165, 1.54) is 38.5 Å². The van der Waals surface area contributed by atoms with Gasteiger partial charge in [0.25, 0.3) is 0 Å². The zero-order chi connectivity index (χ0) is 12.1. The van der Waals surface area contributed by atoms with E-state index in [0.29, 0.717) is 12.0 Å². The molecule has 3 heteroatoms. The van der Waals surface area contributed by atoms with Gasteiger partial charge < -0.3 is 10.6 Å². The van der Waals surface area contributed by atoms with Gasteiger partial charge in [-0.1, -0.05) is 26.2 Å². The second-order valence-electron chi connectivity index (χ2n) is 5.78. The van der Waals surface area contributed by atoms with Gasteiger partial charge in [-0.3, -0.25) is 0 Å². The van der Waals surface area contributed by atoms with Gasteiger partial charge in [0.2, 0.25) is 0 Å². The Morgan fingerprint density at radius 1 is 1.06 bits per heavy atom. The Morgan fingerprint density at radius 2 is 1.71 bits per heavy atom. The summed E-state index contributed by atoms with van der Waals surface area (Å²) >= 11 is 0. The Labute approximate surface area is 105 Å². The number of amides is 2. The van der Waals surface area contributed by atoms with Crippen LogP contribution in [0, 0.1) is 11.8 Å². The summed E-state index contributed by atoms with van der Waals surface area (Å²) in [6, 6.07) is 0.498. The molecule has 2 saturated carbocycles. The summed E-state index contributed by atoms with van der Waals surface area (Å²) in [5.41, 5.74) is 0. The largest absolute Gasteiger partial charge is 0.338 e. The van der Waals surface area contributed by atoms with Gasteiger partial charge in [-0.05, 0) is 43.9 Å². The quantitative estimate of drug-likeness (QED) is 0.776. The summed E-state index contributed by atoms with van der Waals surface area (Å²) in [5, 5.41) is 6.06. The summed E-state index contributed by atoms with van der Waals surface area (Å²) in [7, 11) is 0. The van der Waals surface area contributed by atoms with Crippen molar-refractivity contribution >= 4 is 6.03 Å². The number of hydrogen-bond donors (Lipinski definition) is 2. The smallest absolute Gasteiger partial charge is 0.315 e. The first kappa shape index (κ1) is 12.7. The lowest BCUT2D eigenvalue weighted by Gasteiger charge is -2.29. The summed E-state index contributed by atoms with van der Waals surface area (Å²) in [6.45, 7) is 3.16. The van der Waals surface area contributed by atoms with Crippen LogP contribution in [0.25, 0.3) is 0 Å². The third-order valence-corrected chi connectivity index (χ3v) is 4.54. The van der Waals surface area contributed by atoms with E-state index < -0.39 is 0 Å². The summed E-state index contributed by atoms with van der Waals surface area (Å²) in [5.74, 6) is 1.65. The molecule has 0 unspecified atom stereocenters. The normalized spacial score (nSPS) is 29.5. The van der Waals surface area contributed by atoms with Crippen LogP contribution in [-0.2, 0) is 0 Å². The van der Waals surface area contributed by atoms with Gasteiger partial charge >= 0.3 is 6.03 Å². The first-order valence-corrected chi connectivity index (χ1v) is 7.32. The van der Waals surface area contributed by atoms with Crippen molar-refractivity contribution in [2.45, 2.75) is 64.3 Å². The Balaban J connectivity index is 1.56. The van der Waals surface area contributed by atoms with E-state index in [9.17, 15) is 4.79 Å². The van der Waals surface area contributed by atoms with Crippen molar-refractivity contribution in [2.24, 2.45) is 11.8 Å². The van der Waals surface area contributed by atoms with Crippen LogP contribution in [0.3, 0.4) is 0 Å². The molecule has 0 atom stereocenters. The molecule has 0 aliphatic heterocycles. The van der Waals surface area contributed by atoms with Crippen molar-refractivity contribution in [3.05, 3.63) is 0 Å². The maximum Gasteiger partial charge on any atom is 0.315 e. The lowest BCUT2D eigenvalue weighted by Crippen LogP contribution is -2.46. The molecular formula is C14H26N2O. The molecule has 2 N–H and O–H groups in total. The number of urea groups is 1. The van der Waals surface area contributed by atoms with E-state index >= 15 is 0 Å². The minimum absolute atomic E-state index is 0.0484. The monoisotopic (exact) mass is 238 g/mol. The zero-order valence-electron chi connectivity index (χ0n) is 11.0. The van der Waals surface area contributed by atoms with Crippen molar-refractivity contribution in [3.63, 3.8) is 0 Å². The number of rotatable bonds is 4. The molecule has 17 heavy (non-hydrogen) atoms. The Morgan fingerprint density at radius 3 is 2.24 bits per heavy atom. The van der Waals surface area contributed by atoms with Crippen LogP contribution in [0.1, 0.15) is 58.3 Å². The fourth-order valence-corrected chi connectivity index (χ4v) is 2.87. The average molecular weight is 238 g/mol. The predicted octanol–water partition coefficient (Wildman–Crippen LogP) is 3.05. The van der Waals surface area contributed by atoms with Crippen molar-refractivity contribution in [1.82, 2.24) is 10.6 Å². The lowest BCUT2D eigenvalue weighted by atomic mass is 9.81. The van der Waals surface area contributed by atoms with Crippen LogP contribution in [-0.4, -0.2) is 18.6 Å². The topological polar surface area (TPSA) is 41.1 Å². The van der Waals surface area contributed by atoms with Gasteiger partial charge in [0, 0.05) is 12.6 Å². The average Bonchev–Trinajstić information content (AvgIpc) is 2.32. The molecule has 0 aromatic heterocycles. The molecule has 2 aliphatic rings. The standard InChI is InChI=1S/C14H26N2O/c1-2-11-6-8-12(9-7-11)10-15-14(17)16-13-4-3-5-13/h11-13H,2-10H2,1H3,(H2,15,16,17). The van der Waals surface area contributed by atoms with Gasteiger partial charge in [-0.15, -0.1) is 0 Å². The van der Waals surface area contributed by atoms with E-state index in [-0.39, 0.29) is 6.03 Å². The summed E-state index contributed by atoms with van der Waals surface area (Å²) in [4.78, 5) is 11.6. The molecular weight excluding hydrogens is 212 g/mol. The third-order valence-electron chi connectivity index (χ3n) is 4.54. The van der Waals surface area contributed by atoms with Gasteiger partial charge in [0.15, 0.2) is 0 Å². The highest BCUT2D eigenvalue weighted by molar-refractivity contribution is 5.74. The summed E-state index contributed by atoms with van der Waals surface area (Å²) < 4.78 is 0. The minimum atomic E-state index is 0.0484. The van der Waals surface area contributed by atoms with Crippen LogP contribution in [0.4, 0.5) is 4.79 Å². The molecule has 0 bridgehead atoms. The molecule has 0 aromatic rings. The van der Waals surface area contributed by atoms with Gasteiger partial charge in [-0.2, -0.15) is 0 Å². The molecule has 0 saturated heterocycles. The van der Waals surface area contributed by atoms with Gasteiger partial charge in [0.1, 0.15) is 0 Å². The Hall–Kier alpha value is -0.730. The van der Waals surface area contributed by atoms with Crippen molar-refractivity contribution in [3.8, 4) is 0 Å². The minimum Gasteiger partial charge on any atom is -0.338 e. The van der Waals surface area contributed by atoms with Crippen LogP contribution in [0.5, 0.6) is 0 Å². The van der Waals surface area contributed by atoms with Crippen molar-refractivity contribution in [1.29, 1.82) is 0 Å². The molecule has 0 aromatic carbocycles. The molecule has 3 nitrogen and oxygen atoms in total. The third kappa shape index (κ3) is 3.90. The SMILES string of the molecule is CCC1CCC(CNC(=O)NC2CCC2)CC1. The van der Waals surface area contributed by atoms with Crippen molar-refractivity contribution in [2.75, 3.05) is 6.54 Å². The Kier molecular flexibility index (Phi) is 4.69. The molecule has 0 spiro atoms. The lowest BCUT2D eigenvalue weighted by molar-refractivity contribution is 0.219.